The zero-order chi connectivity index (χ0) is 17.6. The summed E-state index contributed by atoms with van der Waals surface area (Å²) in [6.45, 7) is 0. The molecule has 1 atom stereocenters. The van der Waals surface area contributed by atoms with Crippen molar-refractivity contribution in [2.75, 3.05) is 0 Å². The predicted molar refractivity (Wildman–Crippen MR) is 80.7 cm³/mol. The number of fused-ring (bicyclic) bond motifs is 2. The average molecular weight is 329 g/mol. The van der Waals surface area contributed by atoms with Crippen molar-refractivity contribution in [1.29, 1.82) is 0 Å². The van der Waals surface area contributed by atoms with Crippen molar-refractivity contribution in [1.82, 2.24) is 0 Å². The highest BCUT2D eigenvalue weighted by atomic mass is 16.6. The molecular formula is C14H7N3O7. The number of Topliss-reactive ketones (excluding diaryl/α,β-unsaturated/α-hetero) is 1. The maximum absolute atomic E-state index is 12.2. The summed E-state index contributed by atoms with van der Waals surface area (Å²) >= 11 is 0. The standard InChI is InChI=1S/C14H7N3O7/c18-14-11-5-8-3-9(15(19)20)2-1-7(8)4-10(11)12(16(21)22)6-13(14)17(23)24/h1-6,13H. The van der Waals surface area contributed by atoms with E-state index in [1.54, 1.807) is 0 Å². The summed E-state index contributed by atoms with van der Waals surface area (Å²) in [7, 11) is 0. The van der Waals surface area contributed by atoms with Gasteiger partial charge in [-0.1, -0.05) is 0 Å². The molecule has 0 bridgehead atoms. The van der Waals surface area contributed by atoms with Gasteiger partial charge in [-0.2, -0.15) is 0 Å². The zero-order valence-electron chi connectivity index (χ0n) is 11.7. The summed E-state index contributed by atoms with van der Waals surface area (Å²) in [6, 6.07) is 4.52. The van der Waals surface area contributed by atoms with Crippen molar-refractivity contribution in [2.24, 2.45) is 0 Å². The van der Waals surface area contributed by atoms with Gasteiger partial charge in [0, 0.05) is 22.6 Å². The minimum Gasteiger partial charge on any atom is -0.286 e. The van der Waals surface area contributed by atoms with Crippen LogP contribution in [0.5, 0.6) is 0 Å². The molecule has 0 fully saturated rings. The molecule has 0 saturated carbocycles. The molecule has 10 heteroatoms. The number of ketones is 1. The smallest absolute Gasteiger partial charge is 0.286 e. The quantitative estimate of drug-likeness (QED) is 0.619. The first-order valence-electron chi connectivity index (χ1n) is 6.56. The summed E-state index contributed by atoms with van der Waals surface area (Å²) in [5.74, 6) is -0.894. The lowest BCUT2D eigenvalue weighted by atomic mass is 9.88. The fourth-order valence-electron chi connectivity index (χ4n) is 2.60. The largest absolute Gasteiger partial charge is 0.299 e. The van der Waals surface area contributed by atoms with E-state index >= 15 is 0 Å². The normalized spacial score (nSPS) is 16.4. The molecule has 0 saturated heterocycles. The van der Waals surface area contributed by atoms with E-state index in [-0.39, 0.29) is 16.8 Å². The van der Waals surface area contributed by atoms with Gasteiger partial charge in [0.25, 0.3) is 17.4 Å². The first-order chi connectivity index (χ1) is 11.3. The highest BCUT2D eigenvalue weighted by molar-refractivity contribution is 6.10. The summed E-state index contributed by atoms with van der Waals surface area (Å²) in [5.41, 5.74) is -0.989. The number of hydrogen-bond acceptors (Lipinski definition) is 7. The van der Waals surface area contributed by atoms with Crippen LogP contribution in [0.15, 0.2) is 36.4 Å². The van der Waals surface area contributed by atoms with Crippen LogP contribution >= 0.6 is 0 Å². The van der Waals surface area contributed by atoms with Gasteiger partial charge in [-0.15, -0.1) is 0 Å². The Morgan fingerprint density at radius 1 is 0.833 bits per heavy atom. The van der Waals surface area contributed by atoms with Crippen LogP contribution in [0, 0.1) is 30.3 Å². The van der Waals surface area contributed by atoms with Crippen LogP contribution in [0.25, 0.3) is 16.5 Å². The second-order valence-corrected chi connectivity index (χ2v) is 5.09. The number of carbonyl (C=O) groups excluding carboxylic acids is 1. The Morgan fingerprint density at radius 3 is 2.08 bits per heavy atom. The van der Waals surface area contributed by atoms with Crippen LogP contribution in [0.3, 0.4) is 0 Å². The molecule has 2 aromatic carbocycles. The van der Waals surface area contributed by atoms with E-state index in [9.17, 15) is 35.1 Å². The third-order valence-electron chi connectivity index (χ3n) is 3.72. The molecule has 10 nitrogen and oxygen atoms in total. The van der Waals surface area contributed by atoms with Crippen molar-refractivity contribution in [2.45, 2.75) is 6.04 Å². The van der Waals surface area contributed by atoms with E-state index in [4.69, 9.17) is 0 Å². The number of hydrogen-bond donors (Lipinski definition) is 0. The molecule has 1 unspecified atom stereocenters. The molecular weight excluding hydrogens is 322 g/mol. The number of nitro benzene ring substituents is 1. The van der Waals surface area contributed by atoms with Gasteiger partial charge in [0.05, 0.1) is 21.5 Å². The molecule has 0 spiro atoms. The Bertz CT molecular complexity index is 980. The predicted octanol–water partition coefficient (Wildman–Crippen LogP) is 2.21. The maximum Gasteiger partial charge on any atom is 0.299 e. The van der Waals surface area contributed by atoms with Gasteiger partial charge in [0.1, 0.15) is 0 Å². The highest BCUT2D eigenvalue weighted by Gasteiger charge is 2.40. The number of nitrogens with zero attached hydrogens (tertiary/aromatic N) is 3. The van der Waals surface area contributed by atoms with Crippen molar-refractivity contribution in [3.63, 3.8) is 0 Å². The van der Waals surface area contributed by atoms with E-state index in [2.05, 4.69) is 0 Å². The van der Waals surface area contributed by atoms with Gasteiger partial charge in [-0.05, 0) is 29.0 Å². The SMILES string of the molecule is O=C1c2cc3cc([N+](=O)[O-])ccc3cc2C([N+](=O)[O-])=CC1[N+](=O)[O-]. The summed E-state index contributed by atoms with van der Waals surface area (Å²) in [6.07, 6.45) is 0.710. The number of nitro groups is 3. The molecule has 0 aliphatic heterocycles. The van der Waals surface area contributed by atoms with Crippen LogP contribution in [0.1, 0.15) is 15.9 Å². The Hall–Kier alpha value is -3.69. The van der Waals surface area contributed by atoms with Crippen LogP contribution in [-0.2, 0) is 0 Å². The third kappa shape index (κ3) is 2.26. The van der Waals surface area contributed by atoms with E-state index in [1.165, 1.54) is 30.3 Å². The Morgan fingerprint density at radius 2 is 1.50 bits per heavy atom. The molecule has 1 aliphatic carbocycles. The fraction of sp³-hybridized carbons (Fsp3) is 0.0714. The Balaban J connectivity index is 2.30. The van der Waals surface area contributed by atoms with Crippen molar-refractivity contribution in [3.05, 3.63) is 77.9 Å². The first-order valence-corrected chi connectivity index (χ1v) is 6.56. The molecule has 2 aromatic rings. The fourth-order valence-corrected chi connectivity index (χ4v) is 2.60. The van der Waals surface area contributed by atoms with Gasteiger partial charge in [-0.25, -0.2) is 0 Å². The molecule has 1 aliphatic rings. The lowest BCUT2D eigenvalue weighted by Gasteiger charge is -2.15. The van der Waals surface area contributed by atoms with E-state index in [0.717, 1.165) is 0 Å². The summed E-state index contributed by atoms with van der Waals surface area (Å²) in [5, 5.41) is 33.7. The van der Waals surface area contributed by atoms with E-state index in [0.29, 0.717) is 16.8 Å². The van der Waals surface area contributed by atoms with Gasteiger partial charge >= 0.3 is 0 Å². The highest BCUT2D eigenvalue weighted by Crippen LogP contribution is 2.33. The number of non-ortho nitro benzene ring substituents is 1. The van der Waals surface area contributed by atoms with Crippen molar-refractivity contribution < 1.29 is 19.6 Å². The molecule has 0 aromatic heterocycles. The lowest BCUT2D eigenvalue weighted by Crippen LogP contribution is -2.32. The molecule has 3 rings (SSSR count). The Kier molecular flexibility index (Phi) is 3.29. The number of rotatable bonds is 3. The molecule has 0 heterocycles. The van der Waals surface area contributed by atoms with Crippen molar-refractivity contribution >= 4 is 27.9 Å². The van der Waals surface area contributed by atoms with E-state index < -0.39 is 32.3 Å². The van der Waals surface area contributed by atoms with Crippen molar-refractivity contribution in [3.8, 4) is 0 Å². The Labute approximate surface area is 132 Å². The molecule has 0 amide bonds. The monoisotopic (exact) mass is 329 g/mol. The third-order valence-corrected chi connectivity index (χ3v) is 3.72. The first kappa shape index (κ1) is 15.2. The van der Waals surface area contributed by atoms with E-state index in [1.807, 2.05) is 0 Å². The van der Waals surface area contributed by atoms with Crippen LogP contribution in [0.2, 0.25) is 0 Å². The zero-order valence-corrected chi connectivity index (χ0v) is 11.7. The van der Waals surface area contributed by atoms with Crippen LogP contribution in [-0.4, -0.2) is 26.6 Å². The van der Waals surface area contributed by atoms with Gasteiger partial charge in [0.2, 0.25) is 5.78 Å². The number of benzene rings is 2. The number of carbonyl (C=O) groups is 1. The maximum atomic E-state index is 12.2. The van der Waals surface area contributed by atoms with Gasteiger partial charge in [-0.3, -0.25) is 35.1 Å². The summed E-state index contributed by atoms with van der Waals surface area (Å²) in [4.78, 5) is 42.9. The van der Waals surface area contributed by atoms with Crippen LogP contribution in [0.4, 0.5) is 5.69 Å². The van der Waals surface area contributed by atoms with Gasteiger partial charge < -0.3 is 0 Å². The molecule has 0 N–H and O–H groups in total. The van der Waals surface area contributed by atoms with Gasteiger partial charge in [0.15, 0.2) is 0 Å². The topological polar surface area (TPSA) is 146 Å². The molecule has 24 heavy (non-hydrogen) atoms. The molecule has 120 valence electrons. The second kappa shape index (κ2) is 5.19. The van der Waals surface area contributed by atoms with Crippen LogP contribution < -0.4 is 0 Å². The second-order valence-electron chi connectivity index (χ2n) is 5.09. The average Bonchev–Trinajstić information content (AvgIpc) is 2.52. The summed E-state index contributed by atoms with van der Waals surface area (Å²) < 4.78 is 0. The molecule has 0 radical (unpaired) electrons. The minimum absolute atomic E-state index is 0.0375. The minimum atomic E-state index is -1.85. The lowest BCUT2D eigenvalue weighted by molar-refractivity contribution is -0.494.